The van der Waals surface area contributed by atoms with Gasteiger partial charge in [-0.1, -0.05) is 6.07 Å². The zero-order valence-electron chi connectivity index (χ0n) is 13.0. The summed E-state index contributed by atoms with van der Waals surface area (Å²) >= 11 is 1.40. The fraction of sp³-hybridized carbons (Fsp3) is 0.412. The molecule has 122 valence electrons. The molecule has 0 spiro atoms. The second-order valence-corrected chi connectivity index (χ2v) is 6.94. The number of hydrogen-bond acceptors (Lipinski definition) is 5. The molecule has 5 nitrogen and oxygen atoms in total. The molecule has 1 atom stereocenters. The van der Waals surface area contributed by atoms with Gasteiger partial charge in [0.2, 0.25) is 0 Å². The SMILES string of the molecule is Cc1cc(-c2cccc(C3CC3)n2)sc1C(=O)NCC(O)CO. The number of carbonyl (C=O) groups excluding carboxylic acids is 1. The normalized spacial score (nSPS) is 15.4. The lowest BCUT2D eigenvalue weighted by Crippen LogP contribution is -2.33. The van der Waals surface area contributed by atoms with E-state index in [1.54, 1.807) is 0 Å². The Morgan fingerprint density at radius 2 is 2.26 bits per heavy atom. The lowest BCUT2D eigenvalue weighted by Gasteiger charge is -2.08. The van der Waals surface area contributed by atoms with E-state index in [0.717, 1.165) is 21.8 Å². The number of aliphatic hydroxyl groups is 2. The molecule has 23 heavy (non-hydrogen) atoms. The third-order valence-corrected chi connectivity index (χ3v) is 5.11. The minimum absolute atomic E-state index is 0.0391. The van der Waals surface area contributed by atoms with Gasteiger partial charge in [0.05, 0.1) is 28.2 Å². The first kappa shape index (κ1) is 16.1. The van der Waals surface area contributed by atoms with Gasteiger partial charge in [0.25, 0.3) is 5.91 Å². The largest absolute Gasteiger partial charge is 0.394 e. The molecular formula is C17H20N2O3S. The molecule has 2 aromatic heterocycles. The summed E-state index contributed by atoms with van der Waals surface area (Å²) in [6.07, 6.45) is 1.48. The van der Waals surface area contributed by atoms with Crippen molar-refractivity contribution < 1.29 is 15.0 Å². The number of aryl methyl sites for hydroxylation is 1. The molecule has 0 radical (unpaired) electrons. The maximum absolute atomic E-state index is 12.2. The highest BCUT2D eigenvalue weighted by Crippen LogP contribution is 2.40. The summed E-state index contributed by atoms with van der Waals surface area (Å²) in [5.74, 6) is 0.364. The fourth-order valence-electron chi connectivity index (χ4n) is 2.38. The lowest BCUT2D eigenvalue weighted by atomic mass is 10.2. The van der Waals surface area contributed by atoms with Gasteiger partial charge in [-0.25, -0.2) is 0 Å². The Morgan fingerprint density at radius 1 is 1.48 bits per heavy atom. The molecular weight excluding hydrogens is 312 g/mol. The molecule has 1 fully saturated rings. The van der Waals surface area contributed by atoms with Crippen LogP contribution in [-0.2, 0) is 0 Å². The van der Waals surface area contributed by atoms with Crippen LogP contribution >= 0.6 is 11.3 Å². The summed E-state index contributed by atoms with van der Waals surface area (Å²) in [4.78, 5) is 18.5. The third kappa shape index (κ3) is 3.77. The Hall–Kier alpha value is -1.76. The third-order valence-electron chi connectivity index (χ3n) is 3.85. The van der Waals surface area contributed by atoms with Crippen molar-refractivity contribution in [1.29, 1.82) is 0 Å². The number of aliphatic hydroxyl groups excluding tert-OH is 2. The molecule has 1 aliphatic rings. The van der Waals surface area contributed by atoms with Gasteiger partial charge >= 0.3 is 0 Å². The zero-order chi connectivity index (χ0) is 16.4. The van der Waals surface area contributed by atoms with Gasteiger partial charge in [0, 0.05) is 18.2 Å². The number of pyridine rings is 1. The molecule has 0 aromatic carbocycles. The van der Waals surface area contributed by atoms with E-state index in [0.29, 0.717) is 10.8 Å². The molecule has 3 rings (SSSR count). The van der Waals surface area contributed by atoms with Gasteiger partial charge in [-0.2, -0.15) is 0 Å². The number of carbonyl (C=O) groups is 1. The average molecular weight is 332 g/mol. The molecule has 1 aliphatic carbocycles. The van der Waals surface area contributed by atoms with E-state index in [1.807, 2.05) is 25.1 Å². The molecule has 2 aromatic rings. The summed E-state index contributed by atoms with van der Waals surface area (Å²) in [5, 5.41) is 20.8. The van der Waals surface area contributed by atoms with Crippen LogP contribution in [0.4, 0.5) is 0 Å². The van der Waals surface area contributed by atoms with Crippen LogP contribution in [0.5, 0.6) is 0 Å². The maximum Gasteiger partial charge on any atom is 0.261 e. The van der Waals surface area contributed by atoms with Crippen molar-refractivity contribution in [1.82, 2.24) is 10.3 Å². The first-order valence-electron chi connectivity index (χ1n) is 7.73. The molecule has 0 bridgehead atoms. The Kier molecular flexibility index (Phi) is 4.75. The Bertz CT molecular complexity index is 710. The van der Waals surface area contributed by atoms with Crippen molar-refractivity contribution in [3.8, 4) is 10.6 Å². The minimum atomic E-state index is -0.935. The molecule has 1 amide bonds. The Balaban J connectivity index is 1.77. The second kappa shape index (κ2) is 6.78. The number of aromatic nitrogens is 1. The van der Waals surface area contributed by atoms with Crippen molar-refractivity contribution in [2.45, 2.75) is 31.8 Å². The van der Waals surface area contributed by atoms with E-state index in [1.165, 1.54) is 24.2 Å². The standard InChI is InChI=1S/C17H20N2O3S/c1-10-7-15(14-4-2-3-13(19-14)11-5-6-11)23-16(10)17(22)18-8-12(21)9-20/h2-4,7,11-12,20-21H,5-6,8-9H2,1H3,(H,18,22). The maximum atomic E-state index is 12.2. The number of amides is 1. The van der Waals surface area contributed by atoms with Crippen LogP contribution < -0.4 is 5.32 Å². The number of thiophene rings is 1. The van der Waals surface area contributed by atoms with Crippen LogP contribution in [0.15, 0.2) is 24.3 Å². The van der Waals surface area contributed by atoms with Gasteiger partial charge in [-0.05, 0) is 43.5 Å². The molecule has 2 heterocycles. The van der Waals surface area contributed by atoms with Crippen LogP contribution in [-0.4, -0.2) is 40.4 Å². The van der Waals surface area contributed by atoms with E-state index in [2.05, 4.69) is 11.4 Å². The molecule has 6 heteroatoms. The molecule has 0 aliphatic heterocycles. The highest BCUT2D eigenvalue weighted by atomic mass is 32.1. The predicted octanol–water partition coefficient (Wildman–Crippen LogP) is 2.08. The zero-order valence-corrected chi connectivity index (χ0v) is 13.8. The van der Waals surface area contributed by atoms with E-state index in [9.17, 15) is 9.90 Å². The van der Waals surface area contributed by atoms with Crippen LogP contribution in [0.2, 0.25) is 0 Å². The number of nitrogens with one attached hydrogen (secondary N) is 1. The van der Waals surface area contributed by atoms with E-state index >= 15 is 0 Å². The molecule has 3 N–H and O–H groups in total. The van der Waals surface area contributed by atoms with Crippen molar-refractivity contribution in [2.24, 2.45) is 0 Å². The highest BCUT2D eigenvalue weighted by Gasteiger charge is 2.25. The van der Waals surface area contributed by atoms with Gasteiger partial charge in [-0.15, -0.1) is 11.3 Å². The summed E-state index contributed by atoms with van der Waals surface area (Å²) in [5.41, 5.74) is 2.92. The van der Waals surface area contributed by atoms with Crippen LogP contribution in [0.3, 0.4) is 0 Å². The molecule has 1 saturated carbocycles. The summed E-state index contributed by atoms with van der Waals surface area (Å²) in [7, 11) is 0. The van der Waals surface area contributed by atoms with Crippen molar-refractivity contribution >= 4 is 17.2 Å². The molecule has 1 unspecified atom stereocenters. The van der Waals surface area contributed by atoms with Gasteiger partial charge < -0.3 is 15.5 Å². The van der Waals surface area contributed by atoms with Crippen LogP contribution in [0.1, 0.15) is 39.7 Å². The first-order valence-corrected chi connectivity index (χ1v) is 8.55. The predicted molar refractivity (Wildman–Crippen MR) is 89.7 cm³/mol. The smallest absolute Gasteiger partial charge is 0.261 e. The number of hydrogen-bond donors (Lipinski definition) is 3. The minimum Gasteiger partial charge on any atom is -0.394 e. The summed E-state index contributed by atoms with van der Waals surface area (Å²) in [6.45, 7) is 1.56. The van der Waals surface area contributed by atoms with Gasteiger partial charge in [-0.3, -0.25) is 9.78 Å². The van der Waals surface area contributed by atoms with Gasteiger partial charge in [0.1, 0.15) is 0 Å². The second-order valence-electron chi connectivity index (χ2n) is 5.89. The lowest BCUT2D eigenvalue weighted by molar-refractivity contribution is 0.0804. The number of rotatable bonds is 6. The van der Waals surface area contributed by atoms with E-state index in [-0.39, 0.29) is 19.1 Å². The fourth-order valence-corrected chi connectivity index (χ4v) is 3.44. The van der Waals surface area contributed by atoms with Crippen molar-refractivity contribution in [3.63, 3.8) is 0 Å². The van der Waals surface area contributed by atoms with E-state index in [4.69, 9.17) is 10.1 Å². The quantitative estimate of drug-likeness (QED) is 0.756. The molecule has 0 saturated heterocycles. The van der Waals surface area contributed by atoms with Crippen LogP contribution in [0, 0.1) is 6.92 Å². The van der Waals surface area contributed by atoms with Crippen molar-refractivity contribution in [3.05, 3.63) is 40.4 Å². The van der Waals surface area contributed by atoms with Gasteiger partial charge in [0.15, 0.2) is 0 Å². The highest BCUT2D eigenvalue weighted by molar-refractivity contribution is 7.17. The van der Waals surface area contributed by atoms with Crippen molar-refractivity contribution in [2.75, 3.05) is 13.2 Å². The summed E-state index contributed by atoms with van der Waals surface area (Å²) in [6, 6.07) is 8.02. The van der Waals surface area contributed by atoms with E-state index < -0.39 is 6.10 Å². The van der Waals surface area contributed by atoms with Crippen LogP contribution in [0.25, 0.3) is 10.6 Å². The summed E-state index contributed by atoms with van der Waals surface area (Å²) < 4.78 is 0. The Morgan fingerprint density at radius 3 is 2.96 bits per heavy atom. The monoisotopic (exact) mass is 332 g/mol. The average Bonchev–Trinajstić information content (AvgIpc) is 3.34. The Labute approximate surface area is 139 Å². The topological polar surface area (TPSA) is 82.5 Å². The first-order chi connectivity index (χ1) is 11.1. The number of nitrogens with zero attached hydrogens (tertiary/aromatic N) is 1.